The van der Waals surface area contributed by atoms with Crippen LogP contribution in [0.3, 0.4) is 0 Å². The number of ether oxygens (including phenoxy) is 1. The molecular weight excluding hydrogens is 268 g/mol. The minimum absolute atomic E-state index is 0.110. The lowest BCUT2D eigenvalue weighted by atomic mass is 10.2. The summed E-state index contributed by atoms with van der Waals surface area (Å²) >= 11 is 5.70. The van der Waals surface area contributed by atoms with E-state index >= 15 is 0 Å². The Morgan fingerprint density at radius 2 is 2.42 bits per heavy atom. The number of hydrogen-bond donors (Lipinski definition) is 1. The van der Waals surface area contributed by atoms with E-state index in [0.717, 1.165) is 0 Å². The fourth-order valence-electron chi connectivity index (χ4n) is 1.80. The van der Waals surface area contributed by atoms with Gasteiger partial charge in [-0.3, -0.25) is 9.78 Å². The minimum Gasteiger partial charge on any atom is -0.383 e. The smallest absolute Gasteiger partial charge is 0.255 e. The van der Waals surface area contributed by atoms with E-state index in [9.17, 15) is 4.79 Å². The number of fused-ring (bicyclic) bond motifs is 1. The number of rotatable bonds is 6. The summed E-state index contributed by atoms with van der Waals surface area (Å²) in [6, 6.07) is -0.110. The van der Waals surface area contributed by atoms with Crippen molar-refractivity contribution in [1.82, 2.24) is 19.9 Å². The Balaban J connectivity index is 2.14. The molecular formula is C12H15ClN4O2. The predicted octanol–water partition coefficient (Wildman–Crippen LogP) is 1.10. The van der Waals surface area contributed by atoms with E-state index in [1.165, 1.54) is 6.20 Å². The van der Waals surface area contributed by atoms with E-state index < -0.39 is 0 Å². The SMILES string of the molecule is COCC(CCCl)NC(=O)c1cnn2ccncc12. The zero-order valence-corrected chi connectivity index (χ0v) is 11.3. The van der Waals surface area contributed by atoms with E-state index in [1.807, 2.05) is 0 Å². The summed E-state index contributed by atoms with van der Waals surface area (Å²) in [7, 11) is 1.59. The largest absolute Gasteiger partial charge is 0.383 e. The number of amides is 1. The van der Waals surface area contributed by atoms with Crippen molar-refractivity contribution in [1.29, 1.82) is 0 Å². The molecule has 0 fully saturated rings. The number of aromatic nitrogens is 3. The van der Waals surface area contributed by atoms with Crippen molar-refractivity contribution >= 4 is 23.0 Å². The lowest BCUT2D eigenvalue weighted by Gasteiger charge is -2.16. The lowest BCUT2D eigenvalue weighted by molar-refractivity contribution is 0.0897. The highest BCUT2D eigenvalue weighted by Crippen LogP contribution is 2.09. The topological polar surface area (TPSA) is 68.5 Å². The quantitative estimate of drug-likeness (QED) is 0.806. The van der Waals surface area contributed by atoms with Gasteiger partial charge in [-0.1, -0.05) is 0 Å². The van der Waals surface area contributed by atoms with Crippen molar-refractivity contribution in [3.63, 3.8) is 0 Å². The summed E-state index contributed by atoms with van der Waals surface area (Å²) in [5.41, 5.74) is 1.16. The summed E-state index contributed by atoms with van der Waals surface area (Å²) in [4.78, 5) is 16.2. The summed E-state index contributed by atoms with van der Waals surface area (Å²) in [5.74, 6) is 0.264. The highest BCUT2D eigenvalue weighted by atomic mass is 35.5. The molecule has 1 N–H and O–H groups in total. The second-order valence-electron chi connectivity index (χ2n) is 4.07. The van der Waals surface area contributed by atoms with Crippen LogP contribution in [0, 0.1) is 0 Å². The predicted molar refractivity (Wildman–Crippen MR) is 71.5 cm³/mol. The Bertz CT molecular complexity index is 551. The third-order valence-corrected chi connectivity index (χ3v) is 2.95. The normalized spacial score (nSPS) is 12.5. The Hall–Kier alpha value is -1.66. The Morgan fingerprint density at radius 1 is 1.58 bits per heavy atom. The van der Waals surface area contributed by atoms with Gasteiger partial charge in [-0.2, -0.15) is 5.10 Å². The maximum Gasteiger partial charge on any atom is 0.255 e. The van der Waals surface area contributed by atoms with Gasteiger partial charge in [-0.05, 0) is 6.42 Å². The number of nitrogens with one attached hydrogen (secondary N) is 1. The molecule has 0 saturated carbocycles. The highest BCUT2D eigenvalue weighted by molar-refractivity contribution is 6.17. The molecule has 0 aromatic carbocycles. The van der Waals surface area contributed by atoms with Gasteiger partial charge in [0.25, 0.3) is 5.91 Å². The fraction of sp³-hybridized carbons (Fsp3) is 0.417. The molecule has 0 saturated heterocycles. The number of hydrogen-bond acceptors (Lipinski definition) is 4. The average molecular weight is 283 g/mol. The van der Waals surface area contributed by atoms with Crippen molar-refractivity contribution in [3.05, 3.63) is 30.4 Å². The Labute approximate surface area is 115 Å². The van der Waals surface area contributed by atoms with Crippen LogP contribution in [0.25, 0.3) is 5.52 Å². The monoisotopic (exact) mass is 282 g/mol. The average Bonchev–Trinajstić information content (AvgIpc) is 2.83. The molecule has 19 heavy (non-hydrogen) atoms. The molecule has 2 heterocycles. The summed E-state index contributed by atoms with van der Waals surface area (Å²) < 4.78 is 6.66. The number of halogens is 1. The van der Waals surface area contributed by atoms with Gasteiger partial charge in [0.1, 0.15) is 0 Å². The van der Waals surface area contributed by atoms with Gasteiger partial charge in [0.15, 0.2) is 0 Å². The van der Waals surface area contributed by atoms with Gasteiger partial charge in [-0.15, -0.1) is 11.6 Å². The molecule has 1 atom stereocenters. The first-order valence-electron chi connectivity index (χ1n) is 5.89. The van der Waals surface area contributed by atoms with Crippen LogP contribution in [0.2, 0.25) is 0 Å². The molecule has 6 nitrogen and oxygen atoms in total. The first-order chi connectivity index (χ1) is 9.26. The van der Waals surface area contributed by atoms with E-state index in [4.69, 9.17) is 16.3 Å². The number of carbonyl (C=O) groups is 1. The molecule has 2 aromatic heterocycles. The number of methoxy groups -OCH3 is 1. The first-order valence-corrected chi connectivity index (χ1v) is 6.43. The Morgan fingerprint density at radius 3 is 3.16 bits per heavy atom. The van der Waals surface area contributed by atoms with Crippen molar-refractivity contribution in [2.45, 2.75) is 12.5 Å². The molecule has 2 rings (SSSR count). The molecule has 0 aliphatic rings. The molecule has 0 aliphatic heterocycles. The van der Waals surface area contributed by atoms with Crippen LogP contribution in [-0.2, 0) is 4.74 Å². The molecule has 102 valence electrons. The second-order valence-corrected chi connectivity index (χ2v) is 4.45. The van der Waals surface area contributed by atoms with Gasteiger partial charge < -0.3 is 10.1 Å². The molecule has 2 aromatic rings. The van der Waals surface area contributed by atoms with Crippen molar-refractivity contribution in [3.8, 4) is 0 Å². The fourth-order valence-corrected chi connectivity index (χ4v) is 2.07. The van der Waals surface area contributed by atoms with Crippen LogP contribution in [0.4, 0.5) is 0 Å². The second kappa shape index (κ2) is 6.49. The lowest BCUT2D eigenvalue weighted by Crippen LogP contribution is -2.38. The maximum absolute atomic E-state index is 12.2. The highest BCUT2D eigenvalue weighted by Gasteiger charge is 2.17. The summed E-state index contributed by atoms with van der Waals surface area (Å²) in [5, 5.41) is 6.98. The molecule has 1 unspecified atom stereocenters. The van der Waals surface area contributed by atoms with Gasteiger partial charge in [0.2, 0.25) is 0 Å². The van der Waals surface area contributed by atoms with Crippen molar-refractivity contribution in [2.75, 3.05) is 19.6 Å². The minimum atomic E-state index is -0.199. The third kappa shape index (κ3) is 3.21. The van der Waals surface area contributed by atoms with Crippen LogP contribution >= 0.6 is 11.6 Å². The summed E-state index contributed by atoms with van der Waals surface area (Å²) in [6.45, 7) is 0.427. The van der Waals surface area contributed by atoms with Crippen LogP contribution in [0.5, 0.6) is 0 Å². The molecule has 0 radical (unpaired) electrons. The standard InChI is InChI=1S/C12H15ClN4O2/c1-19-8-9(2-3-13)16-12(18)10-6-15-17-5-4-14-7-11(10)17/h4-7,9H,2-3,8H2,1H3,(H,16,18). The van der Waals surface area contributed by atoms with Crippen LogP contribution in [0.15, 0.2) is 24.8 Å². The first kappa shape index (κ1) is 13.8. The number of alkyl halides is 1. The maximum atomic E-state index is 12.2. The van der Waals surface area contributed by atoms with E-state index in [-0.39, 0.29) is 11.9 Å². The van der Waals surface area contributed by atoms with Crippen LogP contribution < -0.4 is 5.32 Å². The third-order valence-electron chi connectivity index (χ3n) is 2.73. The molecule has 0 spiro atoms. The van der Waals surface area contributed by atoms with Crippen molar-refractivity contribution < 1.29 is 9.53 Å². The van der Waals surface area contributed by atoms with Crippen molar-refractivity contribution in [2.24, 2.45) is 0 Å². The zero-order valence-electron chi connectivity index (χ0n) is 10.5. The van der Waals surface area contributed by atoms with Gasteiger partial charge >= 0.3 is 0 Å². The van der Waals surface area contributed by atoms with Gasteiger partial charge in [0, 0.05) is 25.4 Å². The zero-order chi connectivity index (χ0) is 13.7. The van der Waals surface area contributed by atoms with E-state index in [2.05, 4.69) is 15.4 Å². The number of nitrogens with zero attached hydrogens (tertiary/aromatic N) is 3. The molecule has 0 bridgehead atoms. The Kier molecular flexibility index (Phi) is 4.70. The molecule has 7 heteroatoms. The van der Waals surface area contributed by atoms with Crippen LogP contribution in [-0.4, -0.2) is 46.1 Å². The van der Waals surface area contributed by atoms with Gasteiger partial charge in [-0.25, -0.2) is 4.52 Å². The number of carbonyl (C=O) groups excluding carboxylic acids is 1. The van der Waals surface area contributed by atoms with E-state index in [0.29, 0.717) is 30.0 Å². The summed E-state index contributed by atoms with van der Waals surface area (Å²) in [6.07, 6.45) is 7.09. The molecule has 1 amide bonds. The molecule has 0 aliphatic carbocycles. The van der Waals surface area contributed by atoms with Gasteiger partial charge in [0.05, 0.1) is 36.1 Å². The van der Waals surface area contributed by atoms with E-state index in [1.54, 1.807) is 30.2 Å². The van der Waals surface area contributed by atoms with Crippen LogP contribution in [0.1, 0.15) is 16.8 Å².